The van der Waals surface area contributed by atoms with E-state index >= 15 is 0 Å². The minimum absolute atomic E-state index is 0.138. The van der Waals surface area contributed by atoms with Crippen molar-refractivity contribution in [2.24, 2.45) is 0 Å². The summed E-state index contributed by atoms with van der Waals surface area (Å²) in [6.07, 6.45) is 11.0. The summed E-state index contributed by atoms with van der Waals surface area (Å²) in [4.78, 5) is 41.1. The molecule has 0 saturated heterocycles. The van der Waals surface area contributed by atoms with E-state index in [1.165, 1.54) is 11.6 Å². The quantitative estimate of drug-likeness (QED) is 0.151. The minimum atomic E-state index is -1.15. The Bertz CT molecular complexity index is 1080. The van der Waals surface area contributed by atoms with E-state index in [1.54, 1.807) is 19.3 Å². The molecule has 10 nitrogen and oxygen atoms in total. The van der Waals surface area contributed by atoms with Crippen molar-refractivity contribution in [2.45, 2.75) is 26.2 Å². The van der Waals surface area contributed by atoms with E-state index in [4.69, 9.17) is 21.4 Å². The number of anilines is 2. The second kappa shape index (κ2) is 16.0. The SMILES string of the molecule is CCOC(=O)/C=C/CNCCCN1c2cc(Cl)ccc2CCc2cncnc21.O=CO/C=C/C(=O)O. The number of carbonyl (C=O) groups is 3. The van der Waals surface area contributed by atoms with Gasteiger partial charge in [-0.1, -0.05) is 23.7 Å². The Morgan fingerprint density at radius 2 is 2.06 bits per heavy atom. The summed E-state index contributed by atoms with van der Waals surface area (Å²) < 4.78 is 8.76. The zero-order valence-corrected chi connectivity index (χ0v) is 20.7. The molecule has 2 heterocycles. The fourth-order valence-electron chi connectivity index (χ4n) is 3.40. The van der Waals surface area contributed by atoms with Gasteiger partial charge >= 0.3 is 11.9 Å². The predicted molar refractivity (Wildman–Crippen MR) is 135 cm³/mol. The Labute approximate surface area is 214 Å². The monoisotopic (exact) mass is 516 g/mol. The zero-order chi connectivity index (χ0) is 26.2. The number of nitrogens with one attached hydrogen (secondary N) is 1. The lowest BCUT2D eigenvalue weighted by molar-refractivity contribution is -0.137. The fraction of sp³-hybridized carbons (Fsp3) is 0.320. The first-order valence-electron chi connectivity index (χ1n) is 11.3. The van der Waals surface area contributed by atoms with Gasteiger partial charge in [-0.05, 0) is 50.4 Å². The second-order valence-corrected chi connectivity index (χ2v) is 7.82. The number of hydrogen-bond acceptors (Lipinski definition) is 9. The third kappa shape index (κ3) is 9.85. The first-order valence-corrected chi connectivity index (χ1v) is 11.7. The maximum atomic E-state index is 11.3. The van der Waals surface area contributed by atoms with E-state index in [9.17, 15) is 14.4 Å². The Morgan fingerprint density at radius 3 is 2.81 bits per heavy atom. The van der Waals surface area contributed by atoms with E-state index < -0.39 is 5.97 Å². The number of hydrogen-bond donors (Lipinski definition) is 2. The lowest BCUT2D eigenvalue weighted by Crippen LogP contribution is -2.25. The standard InChI is InChI=1S/C21H25ClN4O2.C4H4O4/c1-2-28-20(27)5-3-10-23-11-4-12-26-19-13-18(22)9-8-16(19)6-7-17-14-24-15-25-21(17)26;5-3-8-2-1-4(6)7/h3,5,8-9,13-15,23H,2,4,6-7,10-12H2,1H3;1-3H,(H,6,7)/b5-3+;2-1+. The minimum Gasteiger partial charge on any atom is -0.478 e. The van der Waals surface area contributed by atoms with Crippen LogP contribution in [0.25, 0.3) is 0 Å². The normalized spacial score (nSPS) is 12.2. The number of carbonyl (C=O) groups excluding carboxylic acids is 2. The van der Waals surface area contributed by atoms with Crippen molar-refractivity contribution in [3.8, 4) is 0 Å². The van der Waals surface area contributed by atoms with Crippen molar-refractivity contribution in [2.75, 3.05) is 31.1 Å². The van der Waals surface area contributed by atoms with Crippen molar-refractivity contribution in [3.63, 3.8) is 0 Å². The molecule has 1 aliphatic rings. The van der Waals surface area contributed by atoms with E-state index in [2.05, 4.69) is 31.0 Å². The molecule has 0 fully saturated rings. The molecule has 0 atom stereocenters. The number of aryl methyl sites for hydroxylation is 2. The van der Waals surface area contributed by atoms with Crippen molar-refractivity contribution in [3.05, 3.63) is 71.4 Å². The van der Waals surface area contributed by atoms with E-state index in [0.717, 1.165) is 60.7 Å². The van der Waals surface area contributed by atoms with Crippen molar-refractivity contribution >= 4 is 41.5 Å². The van der Waals surface area contributed by atoms with Gasteiger partial charge in [0.25, 0.3) is 6.47 Å². The fourth-order valence-corrected chi connectivity index (χ4v) is 3.57. The Balaban J connectivity index is 0.000000493. The molecule has 11 heteroatoms. The molecule has 0 spiro atoms. The van der Waals surface area contributed by atoms with Gasteiger partial charge in [0.05, 0.1) is 12.7 Å². The van der Waals surface area contributed by atoms with Gasteiger partial charge in [0.1, 0.15) is 18.4 Å². The number of benzene rings is 1. The lowest BCUT2D eigenvalue weighted by atomic mass is 10.1. The molecule has 0 aliphatic carbocycles. The molecule has 0 radical (unpaired) electrons. The van der Waals surface area contributed by atoms with Crippen molar-refractivity contribution in [1.82, 2.24) is 15.3 Å². The molecule has 192 valence electrons. The molecule has 2 aromatic rings. The van der Waals surface area contributed by atoms with Crippen LogP contribution in [0.15, 0.2) is 55.2 Å². The summed E-state index contributed by atoms with van der Waals surface area (Å²) in [5.41, 5.74) is 3.54. The summed E-state index contributed by atoms with van der Waals surface area (Å²) in [5, 5.41) is 11.9. The van der Waals surface area contributed by atoms with Crippen LogP contribution in [-0.4, -0.2) is 59.7 Å². The molecule has 1 aliphatic heterocycles. The molecule has 0 saturated carbocycles. The number of carboxylic acids is 1. The largest absolute Gasteiger partial charge is 0.478 e. The van der Waals surface area contributed by atoms with Crippen LogP contribution >= 0.6 is 11.6 Å². The van der Waals surface area contributed by atoms with Crippen LogP contribution in [0.2, 0.25) is 5.02 Å². The highest BCUT2D eigenvalue weighted by Crippen LogP contribution is 2.35. The zero-order valence-electron chi connectivity index (χ0n) is 19.9. The number of esters is 1. The number of aromatic nitrogens is 2. The molecule has 0 unspecified atom stereocenters. The van der Waals surface area contributed by atoms with Gasteiger partial charge in [-0.25, -0.2) is 19.6 Å². The summed E-state index contributed by atoms with van der Waals surface area (Å²) in [7, 11) is 0. The maximum Gasteiger partial charge on any atom is 0.331 e. The number of carboxylic acid groups (broad SMARTS) is 1. The molecule has 3 rings (SSSR count). The summed E-state index contributed by atoms with van der Waals surface area (Å²) >= 11 is 6.27. The van der Waals surface area contributed by atoms with Gasteiger partial charge < -0.3 is 24.8 Å². The Morgan fingerprint density at radius 1 is 1.25 bits per heavy atom. The number of nitrogens with zero attached hydrogens (tertiary/aromatic N) is 3. The number of fused-ring (bicyclic) bond motifs is 2. The number of halogens is 1. The highest BCUT2D eigenvalue weighted by Gasteiger charge is 2.21. The third-order valence-corrected chi connectivity index (χ3v) is 5.14. The molecular formula is C25H29ClN4O6. The van der Waals surface area contributed by atoms with Crippen LogP contribution in [0.1, 0.15) is 24.5 Å². The average Bonchev–Trinajstić information content (AvgIpc) is 3.01. The van der Waals surface area contributed by atoms with E-state index in [-0.39, 0.29) is 12.4 Å². The van der Waals surface area contributed by atoms with Crippen molar-refractivity contribution in [1.29, 1.82) is 0 Å². The predicted octanol–water partition coefficient (Wildman–Crippen LogP) is 3.22. The van der Waals surface area contributed by atoms with E-state index in [0.29, 0.717) is 19.2 Å². The molecule has 1 aromatic heterocycles. The number of rotatable bonds is 11. The lowest BCUT2D eigenvalue weighted by Gasteiger charge is -2.25. The van der Waals surface area contributed by atoms with Crippen LogP contribution < -0.4 is 10.2 Å². The van der Waals surface area contributed by atoms with E-state index in [1.807, 2.05) is 18.3 Å². The smallest absolute Gasteiger partial charge is 0.331 e. The number of aliphatic carboxylic acids is 1. The van der Waals surface area contributed by atoms with Gasteiger partial charge in [0.15, 0.2) is 0 Å². The van der Waals surface area contributed by atoms with Crippen LogP contribution in [0.4, 0.5) is 11.5 Å². The van der Waals surface area contributed by atoms with Crippen LogP contribution in [-0.2, 0) is 36.7 Å². The van der Waals surface area contributed by atoms with Crippen LogP contribution in [0, 0.1) is 0 Å². The maximum absolute atomic E-state index is 11.3. The highest BCUT2D eigenvalue weighted by molar-refractivity contribution is 6.30. The number of ether oxygens (including phenoxy) is 2. The molecule has 36 heavy (non-hydrogen) atoms. The average molecular weight is 517 g/mol. The van der Waals surface area contributed by atoms with Crippen molar-refractivity contribution < 1.29 is 29.0 Å². The summed E-state index contributed by atoms with van der Waals surface area (Å²) in [6, 6.07) is 6.06. The van der Waals surface area contributed by atoms with Gasteiger partial charge in [-0.2, -0.15) is 0 Å². The van der Waals surface area contributed by atoms with Gasteiger partial charge in [-0.3, -0.25) is 4.79 Å². The Hall–Kier alpha value is -3.76. The second-order valence-electron chi connectivity index (χ2n) is 7.38. The van der Waals surface area contributed by atoms with Gasteiger partial charge in [0.2, 0.25) is 0 Å². The highest BCUT2D eigenvalue weighted by atomic mass is 35.5. The van der Waals surface area contributed by atoms with Crippen LogP contribution in [0.5, 0.6) is 0 Å². The summed E-state index contributed by atoms with van der Waals surface area (Å²) in [5.74, 6) is -0.497. The molecular weight excluding hydrogens is 488 g/mol. The third-order valence-electron chi connectivity index (χ3n) is 4.90. The molecule has 1 aromatic carbocycles. The van der Waals surface area contributed by atoms with Gasteiger partial charge in [0, 0.05) is 41.6 Å². The van der Waals surface area contributed by atoms with Crippen LogP contribution in [0.3, 0.4) is 0 Å². The Kier molecular flexibility index (Phi) is 12.7. The topological polar surface area (TPSA) is 131 Å². The molecule has 0 amide bonds. The first-order chi connectivity index (χ1) is 17.5. The molecule has 0 bridgehead atoms. The first kappa shape index (κ1) is 28.5. The molecule has 2 N–H and O–H groups in total. The van der Waals surface area contributed by atoms with Gasteiger partial charge in [-0.15, -0.1) is 0 Å². The summed E-state index contributed by atoms with van der Waals surface area (Å²) in [6.45, 7) is 4.58.